The minimum atomic E-state index is -1.17. The molecule has 0 saturated heterocycles. The number of rotatable bonds is 7. The number of aromatic hydroxyl groups is 2. The summed E-state index contributed by atoms with van der Waals surface area (Å²) in [7, 11) is 0. The lowest BCUT2D eigenvalue weighted by molar-refractivity contribution is -0.141. The van der Waals surface area contributed by atoms with Crippen LogP contribution in [0, 0.1) is 0 Å². The molecule has 0 unspecified atom stereocenters. The lowest BCUT2D eigenvalue weighted by Crippen LogP contribution is -2.50. The van der Waals surface area contributed by atoms with Crippen molar-refractivity contribution in [1.82, 2.24) is 5.32 Å². The van der Waals surface area contributed by atoms with Gasteiger partial charge in [-0.25, -0.2) is 4.79 Å². The summed E-state index contributed by atoms with van der Waals surface area (Å²) >= 11 is 0. The minimum absolute atomic E-state index is 0. The van der Waals surface area contributed by atoms with Crippen LogP contribution in [-0.2, 0) is 22.4 Å². The van der Waals surface area contributed by atoms with Crippen LogP contribution >= 0.6 is 0 Å². The van der Waals surface area contributed by atoms with Gasteiger partial charge in [0.1, 0.15) is 17.5 Å². The fraction of sp³-hybridized carbons (Fsp3) is 0.222. The maximum atomic E-state index is 12.2. The first-order valence-corrected chi connectivity index (χ1v) is 7.69. The van der Waals surface area contributed by atoms with Crippen molar-refractivity contribution >= 4 is 11.9 Å². The van der Waals surface area contributed by atoms with Crippen LogP contribution in [0.4, 0.5) is 0 Å². The summed E-state index contributed by atoms with van der Waals surface area (Å²) in [4.78, 5) is 23.6. The standard InChI is InChI=1S/C18H20N2O5.H2O/c19-15(9-11-1-5-13(21)6-2-11)17(23)20-16(18(24)25)10-12-3-7-14(22)8-4-12;/h1-8,15-16,21-22H,9-10,19H2,(H,20,23)(H,24,25);1H2/t15-,16-;/m0./s1. The number of carboxylic acids is 1. The van der Waals surface area contributed by atoms with Crippen LogP contribution in [0.2, 0.25) is 0 Å². The first-order valence-electron chi connectivity index (χ1n) is 7.69. The zero-order chi connectivity index (χ0) is 18.4. The van der Waals surface area contributed by atoms with Crippen LogP contribution in [-0.4, -0.2) is 44.8 Å². The summed E-state index contributed by atoms with van der Waals surface area (Å²) in [6.45, 7) is 0. The molecule has 0 radical (unpaired) electrons. The van der Waals surface area contributed by atoms with Crippen molar-refractivity contribution < 1.29 is 30.4 Å². The van der Waals surface area contributed by atoms with Crippen LogP contribution in [0.5, 0.6) is 11.5 Å². The van der Waals surface area contributed by atoms with Gasteiger partial charge in [0.05, 0.1) is 6.04 Å². The molecule has 0 aliphatic heterocycles. The van der Waals surface area contributed by atoms with Gasteiger partial charge in [0, 0.05) is 6.42 Å². The molecule has 0 aliphatic carbocycles. The first kappa shape index (κ1) is 20.9. The molecule has 0 aromatic heterocycles. The van der Waals surface area contributed by atoms with Crippen molar-refractivity contribution in [2.45, 2.75) is 24.9 Å². The van der Waals surface area contributed by atoms with Crippen molar-refractivity contribution in [3.8, 4) is 11.5 Å². The van der Waals surface area contributed by atoms with Gasteiger partial charge >= 0.3 is 5.97 Å². The molecule has 8 N–H and O–H groups in total. The van der Waals surface area contributed by atoms with E-state index in [1.54, 1.807) is 24.3 Å². The predicted octanol–water partition coefficient (Wildman–Crippen LogP) is -0.0450. The normalized spacial score (nSPS) is 12.5. The Labute approximate surface area is 150 Å². The summed E-state index contributed by atoms with van der Waals surface area (Å²) in [6, 6.07) is 10.3. The molecule has 0 bridgehead atoms. The number of aliphatic carboxylic acids is 1. The Bertz CT molecular complexity index is 730. The molecule has 2 aromatic rings. The Morgan fingerprint density at radius 1 is 0.885 bits per heavy atom. The van der Waals surface area contributed by atoms with E-state index in [9.17, 15) is 24.9 Å². The minimum Gasteiger partial charge on any atom is -0.508 e. The van der Waals surface area contributed by atoms with Crippen molar-refractivity contribution in [3.05, 3.63) is 59.7 Å². The highest BCUT2D eigenvalue weighted by atomic mass is 16.4. The van der Waals surface area contributed by atoms with E-state index in [4.69, 9.17) is 5.73 Å². The summed E-state index contributed by atoms with van der Waals surface area (Å²) < 4.78 is 0. The van der Waals surface area contributed by atoms with Crippen LogP contribution in [0.1, 0.15) is 11.1 Å². The molecule has 140 valence electrons. The number of phenolic OH excluding ortho intramolecular Hbond substituents is 2. The van der Waals surface area contributed by atoms with Crippen molar-refractivity contribution in [2.75, 3.05) is 0 Å². The molecule has 2 atom stereocenters. The molecule has 1 amide bonds. The third kappa shape index (κ3) is 6.08. The smallest absolute Gasteiger partial charge is 0.326 e. The van der Waals surface area contributed by atoms with Crippen LogP contribution in [0.3, 0.4) is 0 Å². The van der Waals surface area contributed by atoms with E-state index in [1.165, 1.54) is 24.3 Å². The van der Waals surface area contributed by atoms with E-state index < -0.39 is 24.0 Å². The third-order valence-electron chi connectivity index (χ3n) is 3.72. The van der Waals surface area contributed by atoms with E-state index in [2.05, 4.69) is 5.32 Å². The Kier molecular flexibility index (Phi) is 7.57. The van der Waals surface area contributed by atoms with Gasteiger partial charge in [-0.1, -0.05) is 24.3 Å². The number of hydrogen-bond acceptors (Lipinski definition) is 5. The van der Waals surface area contributed by atoms with Gasteiger partial charge in [0.25, 0.3) is 0 Å². The number of phenols is 2. The molecule has 0 saturated carbocycles. The second-order valence-corrected chi connectivity index (χ2v) is 5.75. The van der Waals surface area contributed by atoms with E-state index in [-0.39, 0.29) is 29.8 Å². The number of hydrogen-bond donors (Lipinski definition) is 5. The zero-order valence-corrected chi connectivity index (χ0v) is 13.9. The van der Waals surface area contributed by atoms with Gasteiger partial charge in [-0.2, -0.15) is 0 Å². The van der Waals surface area contributed by atoms with Crippen LogP contribution < -0.4 is 11.1 Å². The maximum absolute atomic E-state index is 12.2. The lowest BCUT2D eigenvalue weighted by atomic mass is 10.0. The molecule has 8 nitrogen and oxygen atoms in total. The highest BCUT2D eigenvalue weighted by molar-refractivity contribution is 5.87. The molecular formula is C18H22N2O6. The van der Waals surface area contributed by atoms with E-state index in [1.807, 2.05) is 0 Å². The zero-order valence-electron chi connectivity index (χ0n) is 13.9. The molecule has 0 fully saturated rings. The third-order valence-corrected chi connectivity index (χ3v) is 3.72. The van der Waals surface area contributed by atoms with Crippen molar-refractivity contribution in [2.24, 2.45) is 5.73 Å². The Balaban J connectivity index is 0.00000338. The predicted molar refractivity (Wildman–Crippen MR) is 94.8 cm³/mol. The van der Waals surface area contributed by atoms with Crippen molar-refractivity contribution in [3.63, 3.8) is 0 Å². The fourth-order valence-corrected chi connectivity index (χ4v) is 2.33. The second kappa shape index (κ2) is 9.40. The maximum Gasteiger partial charge on any atom is 0.326 e. The monoisotopic (exact) mass is 362 g/mol. The molecule has 2 rings (SSSR count). The van der Waals surface area contributed by atoms with Gasteiger partial charge < -0.3 is 31.8 Å². The number of nitrogens with one attached hydrogen (secondary N) is 1. The number of carboxylic acid groups (broad SMARTS) is 1. The molecule has 0 spiro atoms. The SMILES string of the molecule is N[C@@H](Cc1ccc(O)cc1)C(=O)N[C@@H](Cc1ccc(O)cc1)C(=O)O.O. The Morgan fingerprint density at radius 2 is 1.31 bits per heavy atom. The van der Waals surface area contributed by atoms with Gasteiger partial charge in [-0.15, -0.1) is 0 Å². The highest BCUT2D eigenvalue weighted by Crippen LogP contribution is 2.13. The number of benzene rings is 2. The van der Waals surface area contributed by atoms with E-state index in [0.29, 0.717) is 5.56 Å². The molecule has 2 aromatic carbocycles. The summed E-state index contributed by atoms with van der Waals surface area (Å²) in [5.74, 6) is -1.55. The largest absolute Gasteiger partial charge is 0.508 e. The molecule has 26 heavy (non-hydrogen) atoms. The molecule has 0 aliphatic rings. The molecule has 8 heteroatoms. The molecular weight excluding hydrogens is 340 g/mol. The van der Waals surface area contributed by atoms with Gasteiger partial charge in [0.15, 0.2) is 0 Å². The average Bonchev–Trinajstić information content (AvgIpc) is 2.58. The topological polar surface area (TPSA) is 164 Å². The highest BCUT2D eigenvalue weighted by Gasteiger charge is 2.23. The summed E-state index contributed by atoms with van der Waals surface area (Å²) in [5, 5.41) is 30.2. The quantitative estimate of drug-likeness (QED) is 0.463. The first-order chi connectivity index (χ1) is 11.8. The number of amides is 1. The average molecular weight is 362 g/mol. The molecule has 0 heterocycles. The van der Waals surface area contributed by atoms with Gasteiger partial charge in [0.2, 0.25) is 5.91 Å². The number of carbonyl (C=O) groups excluding carboxylic acids is 1. The number of nitrogens with two attached hydrogens (primary N) is 1. The van der Waals surface area contributed by atoms with Crippen LogP contribution in [0.25, 0.3) is 0 Å². The second-order valence-electron chi connectivity index (χ2n) is 5.75. The van der Waals surface area contributed by atoms with Gasteiger partial charge in [-0.3, -0.25) is 4.79 Å². The fourth-order valence-electron chi connectivity index (χ4n) is 2.33. The Morgan fingerprint density at radius 3 is 1.73 bits per heavy atom. The summed E-state index contributed by atoms with van der Waals surface area (Å²) in [5.41, 5.74) is 7.27. The van der Waals surface area contributed by atoms with E-state index >= 15 is 0 Å². The lowest BCUT2D eigenvalue weighted by Gasteiger charge is -2.18. The number of carbonyl (C=O) groups is 2. The Hall–Kier alpha value is -3.10. The summed E-state index contributed by atoms with van der Waals surface area (Å²) in [6.07, 6.45) is 0.297. The van der Waals surface area contributed by atoms with Gasteiger partial charge in [-0.05, 0) is 41.8 Å². The van der Waals surface area contributed by atoms with Crippen LogP contribution in [0.15, 0.2) is 48.5 Å². The van der Waals surface area contributed by atoms with Crippen molar-refractivity contribution in [1.29, 1.82) is 0 Å². The van der Waals surface area contributed by atoms with E-state index in [0.717, 1.165) is 5.56 Å².